The average molecular weight is 389 g/mol. The summed E-state index contributed by atoms with van der Waals surface area (Å²) in [6, 6.07) is 6.66. The SMILES string of the molecule is O=C1CS/C(=N\N=Cc2ccc(-c3cc(Cl)c(Cl)cc3Cl)o2)N1. The van der Waals surface area contributed by atoms with Crippen LogP contribution in [-0.4, -0.2) is 23.0 Å². The van der Waals surface area contributed by atoms with Gasteiger partial charge in [-0.05, 0) is 24.3 Å². The molecule has 1 aliphatic heterocycles. The Kier molecular flexibility index (Phi) is 4.96. The summed E-state index contributed by atoms with van der Waals surface area (Å²) in [4.78, 5) is 11.0. The third-order valence-electron chi connectivity index (χ3n) is 2.82. The quantitative estimate of drug-likeness (QED) is 0.479. The summed E-state index contributed by atoms with van der Waals surface area (Å²) in [5, 5.41) is 12.0. The maximum absolute atomic E-state index is 11.0. The van der Waals surface area contributed by atoms with Crippen molar-refractivity contribution in [3.63, 3.8) is 0 Å². The molecule has 0 atom stereocenters. The van der Waals surface area contributed by atoms with Crippen LogP contribution in [0.2, 0.25) is 15.1 Å². The second-order valence-electron chi connectivity index (χ2n) is 4.43. The van der Waals surface area contributed by atoms with Gasteiger partial charge in [-0.25, -0.2) is 0 Å². The normalized spacial score (nSPS) is 16.5. The van der Waals surface area contributed by atoms with Crippen LogP contribution < -0.4 is 5.32 Å². The van der Waals surface area contributed by atoms with E-state index in [0.29, 0.717) is 43.1 Å². The van der Waals surface area contributed by atoms with Gasteiger partial charge in [-0.1, -0.05) is 46.6 Å². The van der Waals surface area contributed by atoms with Crippen LogP contribution in [-0.2, 0) is 4.79 Å². The van der Waals surface area contributed by atoms with Gasteiger partial charge in [0.2, 0.25) is 5.91 Å². The summed E-state index contributed by atoms with van der Waals surface area (Å²) in [6.07, 6.45) is 1.44. The van der Waals surface area contributed by atoms with E-state index in [1.165, 1.54) is 18.0 Å². The second kappa shape index (κ2) is 6.97. The number of carbonyl (C=O) groups excluding carboxylic acids is 1. The highest BCUT2D eigenvalue weighted by atomic mass is 35.5. The highest BCUT2D eigenvalue weighted by Gasteiger charge is 2.16. The Morgan fingerprint density at radius 3 is 2.70 bits per heavy atom. The number of benzene rings is 1. The van der Waals surface area contributed by atoms with Gasteiger partial charge in [-0.2, -0.15) is 5.10 Å². The van der Waals surface area contributed by atoms with Gasteiger partial charge in [0.05, 0.1) is 27.0 Å². The molecule has 1 saturated heterocycles. The summed E-state index contributed by atoms with van der Waals surface area (Å²) in [7, 11) is 0. The largest absolute Gasteiger partial charge is 0.455 e. The summed E-state index contributed by atoms with van der Waals surface area (Å²) in [5.41, 5.74) is 0.630. The molecule has 0 spiro atoms. The molecule has 2 aromatic rings. The van der Waals surface area contributed by atoms with Crippen molar-refractivity contribution in [2.24, 2.45) is 10.2 Å². The molecule has 3 rings (SSSR count). The Bertz CT molecular complexity index is 833. The average Bonchev–Trinajstić information content (AvgIpc) is 3.12. The van der Waals surface area contributed by atoms with Crippen LogP contribution in [0.1, 0.15) is 5.76 Å². The topological polar surface area (TPSA) is 67.0 Å². The molecular formula is C14H8Cl3N3O2S. The minimum Gasteiger partial charge on any atom is -0.455 e. The first-order valence-electron chi connectivity index (χ1n) is 6.31. The van der Waals surface area contributed by atoms with Gasteiger partial charge in [0, 0.05) is 5.56 Å². The van der Waals surface area contributed by atoms with Crippen LogP contribution >= 0.6 is 46.6 Å². The molecule has 23 heavy (non-hydrogen) atoms. The number of thioether (sulfide) groups is 1. The number of nitrogens with zero attached hydrogens (tertiary/aromatic N) is 2. The highest BCUT2D eigenvalue weighted by Crippen LogP contribution is 2.35. The lowest BCUT2D eigenvalue weighted by Gasteiger charge is -2.03. The molecule has 1 aromatic heterocycles. The maximum atomic E-state index is 11.0. The Morgan fingerprint density at radius 1 is 1.17 bits per heavy atom. The van der Waals surface area contributed by atoms with Crippen LogP contribution in [0.25, 0.3) is 11.3 Å². The van der Waals surface area contributed by atoms with E-state index < -0.39 is 0 Å². The zero-order valence-corrected chi connectivity index (χ0v) is 14.4. The molecule has 1 fully saturated rings. The first-order chi connectivity index (χ1) is 11.0. The molecular weight excluding hydrogens is 381 g/mol. The number of amides is 1. The minimum atomic E-state index is -0.0847. The fourth-order valence-electron chi connectivity index (χ4n) is 1.80. The van der Waals surface area contributed by atoms with Crippen LogP contribution in [0, 0.1) is 0 Å². The van der Waals surface area contributed by atoms with Crippen molar-refractivity contribution in [2.75, 3.05) is 5.75 Å². The number of hydrogen-bond donors (Lipinski definition) is 1. The van der Waals surface area contributed by atoms with E-state index in [1.807, 2.05) is 0 Å². The zero-order chi connectivity index (χ0) is 16.4. The summed E-state index contributed by atoms with van der Waals surface area (Å²) >= 11 is 19.3. The predicted molar refractivity (Wildman–Crippen MR) is 94.8 cm³/mol. The lowest BCUT2D eigenvalue weighted by Crippen LogP contribution is -2.19. The summed E-state index contributed by atoms with van der Waals surface area (Å²) in [5.74, 6) is 1.29. The summed E-state index contributed by atoms with van der Waals surface area (Å²) < 4.78 is 5.63. The molecule has 0 aliphatic carbocycles. The van der Waals surface area contributed by atoms with E-state index in [1.54, 1.807) is 24.3 Å². The van der Waals surface area contributed by atoms with Gasteiger partial charge >= 0.3 is 0 Å². The molecule has 0 bridgehead atoms. The van der Waals surface area contributed by atoms with Crippen molar-refractivity contribution >= 4 is 63.9 Å². The van der Waals surface area contributed by atoms with E-state index >= 15 is 0 Å². The van der Waals surface area contributed by atoms with Crippen LogP contribution in [0.3, 0.4) is 0 Å². The van der Waals surface area contributed by atoms with Crippen LogP contribution in [0.15, 0.2) is 38.9 Å². The Morgan fingerprint density at radius 2 is 1.96 bits per heavy atom. The van der Waals surface area contributed by atoms with E-state index in [4.69, 9.17) is 39.2 Å². The monoisotopic (exact) mass is 387 g/mol. The van der Waals surface area contributed by atoms with Gasteiger partial charge in [0.25, 0.3) is 0 Å². The Hall–Kier alpha value is -1.47. The van der Waals surface area contributed by atoms with E-state index in [-0.39, 0.29) is 5.91 Å². The number of hydrogen-bond acceptors (Lipinski definition) is 5. The van der Waals surface area contributed by atoms with Gasteiger partial charge in [-0.3, -0.25) is 4.79 Å². The fraction of sp³-hybridized carbons (Fsp3) is 0.0714. The molecule has 5 nitrogen and oxygen atoms in total. The second-order valence-corrected chi connectivity index (χ2v) is 6.62. The lowest BCUT2D eigenvalue weighted by atomic mass is 10.2. The molecule has 0 unspecified atom stereocenters. The first-order valence-corrected chi connectivity index (χ1v) is 8.43. The van der Waals surface area contributed by atoms with Gasteiger partial charge in [0.1, 0.15) is 11.5 Å². The van der Waals surface area contributed by atoms with Crippen molar-refractivity contribution in [2.45, 2.75) is 0 Å². The Labute approximate surface area is 150 Å². The number of amidine groups is 1. The third kappa shape index (κ3) is 3.90. The molecule has 1 aromatic carbocycles. The molecule has 1 amide bonds. The molecule has 1 aliphatic rings. The van der Waals surface area contributed by atoms with Crippen molar-refractivity contribution in [3.8, 4) is 11.3 Å². The van der Waals surface area contributed by atoms with Gasteiger partial charge in [0.15, 0.2) is 5.17 Å². The third-order valence-corrected chi connectivity index (χ3v) is 4.72. The first kappa shape index (κ1) is 16.4. The number of carbonyl (C=O) groups is 1. The van der Waals surface area contributed by atoms with E-state index in [0.717, 1.165) is 0 Å². The van der Waals surface area contributed by atoms with Gasteiger partial charge in [-0.15, -0.1) is 5.10 Å². The number of rotatable bonds is 3. The standard InChI is InChI=1S/C14H8Cl3N3O2S/c15-9-4-11(17)10(16)3-8(9)12-2-1-7(22-12)5-18-20-14-19-13(21)6-23-14/h1-5H,6H2,(H,19,20,21). The molecule has 2 heterocycles. The van der Waals surface area contributed by atoms with Crippen molar-refractivity contribution < 1.29 is 9.21 Å². The number of nitrogens with one attached hydrogen (secondary N) is 1. The van der Waals surface area contributed by atoms with Crippen molar-refractivity contribution in [1.82, 2.24) is 5.32 Å². The number of halogens is 3. The molecule has 118 valence electrons. The molecule has 0 saturated carbocycles. The molecule has 9 heteroatoms. The predicted octanol–water partition coefficient (Wildman–Crippen LogP) is 4.46. The van der Waals surface area contributed by atoms with E-state index in [9.17, 15) is 4.79 Å². The van der Waals surface area contributed by atoms with Crippen LogP contribution in [0.5, 0.6) is 0 Å². The van der Waals surface area contributed by atoms with E-state index in [2.05, 4.69) is 15.5 Å². The summed E-state index contributed by atoms with van der Waals surface area (Å²) in [6.45, 7) is 0. The molecule has 1 N–H and O–H groups in total. The lowest BCUT2D eigenvalue weighted by molar-refractivity contribution is -0.116. The Balaban J connectivity index is 1.78. The molecule has 0 radical (unpaired) electrons. The minimum absolute atomic E-state index is 0.0847. The highest BCUT2D eigenvalue weighted by molar-refractivity contribution is 8.15. The van der Waals surface area contributed by atoms with Crippen LogP contribution in [0.4, 0.5) is 0 Å². The fourth-order valence-corrected chi connectivity index (χ4v) is 3.07. The zero-order valence-electron chi connectivity index (χ0n) is 11.3. The number of furan rings is 1. The van der Waals surface area contributed by atoms with Crippen molar-refractivity contribution in [1.29, 1.82) is 0 Å². The smallest absolute Gasteiger partial charge is 0.236 e. The van der Waals surface area contributed by atoms with Crippen molar-refractivity contribution in [3.05, 3.63) is 45.1 Å². The van der Waals surface area contributed by atoms with Gasteiger partial charge < -0.3 is 9.73 Å². The maximum Gasteiger partial charge on any atom is 0.236 e.